The molecule has 2 aliphatic rings. The number of aromatic nitrogens is 1. The lowest BCUT2D eigenvalue weighted by Gasteiger charge is -2.28. The van der Waals surface area contributed by atoms with Crippen molar-refractivity contribution in [2.45, 2.75) is 32.2 Å². The van der Waals surface area contributed by atoms with Crippen LogP contribution in [0.3, 0.4) is 0 Å². The Balaban J connectivity index is 1.51. The topological polar surface area (TPSA) is 73.1 Å². The molecule has 0 spiro atoms. The number of carbonyl (C=O) groups excluding carboxylic acids is 1. The van der Waals surface area contributed by atoms with E-state index >= 15 is 0 Å². The average Bonchev–Trinajstić information content (AvgIpc) is 3.35. The van der Waals surface area contributed by atoms with Crippen molar-refractivity contribution < 1.29 is 14.3 Å². The van der Waals surface area contributed by atoms with Crippen molar-refractivity contribution in [3.05, 3.63) is 121 Å². The van der Waals surface area contributed by atoms with E-state index in [0.29, 0.717) is 26.4 Å². The molecular weight excluding hydrogens is 546 g/mol. The normalized spacial score (nSPS) is 17.0. The van der Waals surface area contributed by atoms with Gasteiger partial charge < -0.3 is 14.4 Å². The van der Waals surface area contributed by atoms with Crippen LogP contribution in [0.2, 0.25) is 0 Å². The molecule has 3 heterocycles. The molecule has 7 nitrogen and oxygen atoms in total. The third-order valence-corrected chi connectivity index (χ3v) is 8.70. The molecule has 0 aliphatic carbocycles. The Morgan fingerprint density at radius 2 is 1.69 bits per heavy atom. The number of hydrogen-bond donors (Lipinski definition) is 0. The van der Waals surface area contributed by atoms with Gasteiger partial charge in [-0.3, -0.25) is 9.36 Å². The van der Waals surface area contributed by atoms with Gasteiger partial charge in [-0.05, 0) is 67.7 Å². The maximum absolute atomic E-state index is 14.1. The Morgan fingerprint density at radius 1 is 0.976 bits per heavy atom. The van der Waals surface area contributed by atoms with E-state index in [1.54, 1.807) is 18.6 Å². The molecule has 42 heavy (non-hydrogen) atoms. The van der Waals surface area contributed by atoms with Crippen molar-refractivity contribution in [1.29, 1.82) is 0 Å². The molecule has 2 aliphatic heterocycles. The fourth-order valence-corrected chi connectivity index (χ4v) is 6.63. The Morgan fingerprint density at radius 3 is 2.36 bits per heavy atom. The lowest BCUT2D eigenvalue weighted by Crippen LogP contribution is -2.40. The molecule has 8 heteroatoms. The summed E-state index contributed by atoms with van der Waals surface area (Å²) in [7, 11) is 1.61. The number of benzene rings is 3. The van der Waals surface area contributed by atoms with Crippen molar-refractivity contribution in [3.63, 3.8) is 0 Å². The maximum Gasteiger partial charge on any atom is 0.338 e. The molecule has 0 bridgehead atoms. The van der Waals surface area contributed by atoms with E-state index in [0.717, 1.165) is 29.8 Å². The first-order valence-electron chi connectivity index (χ1n) is 14.3. The standard InChI is InChI=1S/C34H33N3O4S/c1-3-41-33(39)29-30(24-10-6-4-7-11-24)35-34-37(31(29)25-14-18-27(40-2)19-15-25)32(38)28(42-34)22-23-12-16-26(17-13-23)36-20-8-5-9-21-36/h4,6-7,10-19,22,31H,3,5,8-9,20-21H2,1-2H3/b28-22+/t31-/m1/s1. The van der Waals surface area contributed by atoms with Gasteiger partial charge in [0.2, 0.25) is 0 Å². The summed E-state index contributed by atoms with van der Waals surface area (Å²) in [6.45, 7) is 4.14. The third kappa shape index (κ3) is 5.42. The van der Waals surface area contributed by atoms with Crippen molar-refractivity contribution in [1.82, 2.24) is 4.57 Å². The van der Waals surface area contributed by atoms with Crippen LogP contribution in [0.4, 0.5) is 5.69 Å². The summed E-state index contributed by atoms with van der Waals surface area (Å²) < 4.78 is 13.1. The van der Waals surface area contributed by atoms with E-state index in [9.17, 15) is 9.59 Å². The highest BCUT2D eigenvalue weighted by Crippen LogP contribution is 2.35. The Hall–Kier alpha value is -4.43. The quantitative estimate of drug-likeness (QED) is 0.290. The monoisotopic (exact) mass is 579 g/mol. The number of thiazole rings is 1. The second-order valence-corrected chi connectivity index (χ2v) is 11.4. The summed E-state index contributed by atoms with van der Waals surface area (Å²) in [5, 5.41) is 0. The first-order chi connectivity index (χ1) is 20.6. The number of rotatable bonds is 7. The van der Waals surface area contributed by atoms with Gasteiger partial charge in [0.05, 0.1) is 35.6 Å². The lowest BCUT2D eigenvalue weighted by molar-refractivity contribution is -0.138. The molecule has 4 aromatic rings. The molecule has 1 fully saturated rings. The zero-order valence-electron chi connectivity index (χ0n) is 23.8. The summed E-state index contributed by atoms with van der Waals surface area (Å²) in [6, 6.07) is 24.7. The van der Waals surface area contributed by atoms with E-state index < -0.39 is 12.0 Å². The van der Waals surface area contributed by atoms with E-state index in [2.05, 4.69) is 29.2 Å². The van der Waals surface area contributed by atoms with Gasteiger partial charge in [-0.25, -0.2) is 9.79 Å². The summed E-state index contributed by atoms with van der Waals surface area (Å²) in [6.07, 6.45) is 5.63. The van der Waals surface area contributed by atoms with Crippen molar-refractivity contribution in [3.8, 4) is 5.75 Å². The van der Waals surface area contributed by atoms with E-state index in [1.807, 2.05) is 60.7 Å². The van der Waals surface area contributed by atoms with Crippen LogP contribution in [0.25, 0.3) is 11.8 Å². The van der Waals surface area contributed by atoms with Gasteiger partial charge in [0.15, 0.2) is 4.80 Å². The largest absolute Gasteiger partial charge is 0.497 e. The van der Waals surface area contributed by atoms with E-state index in [1.165, 1.54) is 36.3 Å². The second-order valence-electron chi connectivity index (χ2n) is 10.3. The van der Waals surface area contributed by atoms with Crippen LogP contribution in [0.15, 0.2) is 94.2 Å². The number of hydrogen-bond acceptors (Lipinski definition) is 7. The van der Waals surface area contributed by atoms with Crippen LogP contribution < -0.4 is 24.5 Å². The van der Waals surface area contributed by atoms with Gasteiger partial charge in [0.25, 0.3) is 5.56 Å². The first-order valence-corrected chi connectivity index (χ1v) is 15.2. The first kappa shape index (κ1) is 27.7. The van der Waals surface area contributed by atoms with Crippen LogP contribution in [0, 0.1) is 0 Å². The summed E-state index contributed by atoms with van der Waals surface area (Å²) in [4.78, 5) is 35.5. The maximum atomic E-state index is 14.1. The van der Waals surface area contributed by atoms with Gasteiger partial charge in [0, 0.05) is 24.3 Å². The van der Waals surface area contributed by atoms with Crippen molar-refractivity contribution >= 4 is 34.8 Å². The Labute approximate surface area is 248 Å². The Bertz CT molecular complexity index is 1780. The number of esters is 1. The molecule has 1 aromatic heterocycles. The summed E-state index contributed by atoms with van der Waals surface area (Å²) in [5.74, 6) is 0.188. The van der Waals surface area contributed by atoms with E-state index in [4.69, 9.17) is 14.5 Å². The predicted octanol–water partition coefficient (Wildman–Crippen LogP) is 4.93. The highest BCUT2D eigenvalue weighted by atomic mass is 32.1. The summed E-state index contributed by atoms with van der Waals surface area (Å²) >= 11 is 1.33. The molecule has 3 aromatic carbocycles. The van der Waals surface area contributed by atoms with Gasteiger partial charge >= 0.3 is 5.97 Å². The van der Waals surface area contributed by atoms with Gasteiger partial charge in [-0.1, -0.05) is 65.9 Å². The van der Waals surface area contributed by atoms with Gasteiger partial charge in [-0.15, -0.1) is 0 Å². The number of carbonyl (C=O) groups is 1. The highest BCUT2D eigenvalue weighted by molar-refractivity contribution is 7.07. The van der Waals surface area contributed by atoms with Crippen LogP contribution >= 0.6 is 11.3 Å². The van der Waals surface area contributed by atoms with E-state index in [-0.39, 0.29) is 12.2 Å². The lowest BCUT2D eigenvalue weighted by atomic mass is 9.93. The third-order valence-electron chi connectivity index (χ3n) is 7.72. The highest BCUT2D eigenvalue weighted by Gasteiger charge is 2.35. The fourth-order valence-electron chi connectivity index (χ4n) is 5.63. The SMILES string of the molecule is CCOC(=O)C1=C(c2ccccc2)N=c2s/c(=C/c3ccc(N4CCCCC4)cc3)c(=O)n2[C@@H]1c1ccc(OC)cc1. The molecule has 0 amide bonds. The second kappa shape index (κ2) is 12.2. The molecule has 214 valence electrons. The molecule has 0 saturated carbocycles. The molecule has 0 radical (unpaired) electrons. The van der Waals surface area contributed by atoms with Crippen LogP contribution in [-0.4, -0.2) is 37.3 Å². The molecule has 1 atom stereocenters. The minimum absolute atomic E-state index is 0.200. The average molecular weight is 580 g/mol. The zero-order valence-corrected chi connectivity index (χ0v) is 24.6. The molecule has 6 rings (SSSR count). The fraction of sp³-hybridized carbons (Fsp3) is 0.265. The van der Waals surface area contributed by atoms with Crippen LogP contribution in [0.5, 0.6) is 5.75 Å². The number of fused-ring (bicyclic) bond motifs is 1. The van der Waals surface area contributed by atoms with Crippen LogP contribution in [0.1, 0.15) is 48.9 Å². The number of methoxy groups -OCH3 is 1. The zero-order chi connectivity index (χ0) is 29.1. The molecular formula is C34H33N3O4S. The molecule has 0 unspecified atom stereocenters. The minimum atomic E-state index is -0.718. The molecule has 0 N–H and O–H groups in total. The molecule has 1 saturated heterocycles. The number of nitrogens with zero attached hydrogens (tertiary/aromatic N) is 3. The smallest absolute Gasteiger partial charge is 0.338 e. The van der Waals surface area contributed by atoms with Gasteiger partial charge in [0.1, 0.15) is 5.75 Å². The van der Waals surface area contributed by atoms with Gasteiger partial charge in [-0.2, -0.15) is 0 Å². The predicted molar refractivity (Wildman–Crippen MR) is 167 cm³/mol. The van der Waals surface area contributed by atoms with Crippen LogP contribution in [-0.2, 0) is 9.53 Å². The Kier molecular flexibility index (Phi) is 8.06. The van der Waals surface area contributed by atoms with Crippen molar-refractivity contribution in [2.24, 2.45) is 4.99 Å². The number of ether oxygens (including phenoxy) is 2. The summed E-state index contributed by atoms with van der Waals surface area (Å²) in [5.41, 5.74) is 4.33. The number of anilines is 1. The van der Waals surface area contributed by atoms with Crippen molar-refractivity contribution in [2.75, 3.05) is 31.7 Å². The number of piperidine rings is 1. The minimum Gasteiger partial charge on any atom is -0.497 e.